The van der Waals surface area contributed by atoms with Crippen LogP contribution in [0.25, 0.3) is 0 Å². The topological polar surface area (TPSA) is 98.7 Å². The first kappa shape index (κ1) is 23.9. The van der Waals surface area contributed by atoms with Crippen LogP contribution in [0.3, 0.4) is 0 Å². The van der Waals surface area contributed by atoms with Crippen LogP contribution in [0.4, 0.5) is 5.69 Å². The van der Waals surface area contributed by atoms with E-state index in [-0.39, 0.29) is 37.3 Å². The van der Waals surface area contributed by atoms with Crippen molar-refractivity contribution in [1.82, 2.24) is 10.2 Å². The smallest absolute Gasteiger partial charge is 0.317 e. The highest BCUT2D eigenvalue weighted by atomic mass is 35.5. The second-order valence-corrected chi connectivity index (χ2v) is 6.07. The number of carbonyl (C=O) groups is 3. The van der Waals surface area contributed by atoms with E-state index in [9.17, 15) is 14.4 Å². The number of halogens is 1. The minimum absolute atomic E-state index is 0. The van der Waals surface area contributed by atoms with E-state index in [1.54, 1.807) is 11.8 Å². The summed E-state index contributed by atoms with van der Waals surface area (Å²) in [4.78, 5) is 36.8. The van der Waals surface area contributed by atoms with E-state index in [0.717, 1.165) is 23.2 Å². The van der Waals surface area contributed by atoms with Crippen LogP contribution >= 0.6 is 12.4 Å². The van der Waals surface area contributed by atoms with Gasteiger partial charge in [0.2, 0.25) is 11.8 Å². The van der Waals surface area contributed by atoms with Crippen LogP contribution in [0.1, 0.15) is 31.4 Å². The molecule has 8 heteroatoms. The fourth-order valence-electron chi connectivity index (χ4n) is 2.55. The Kier molecular flexibility index (Phi) is 10.6. The summed E-state index contributed by atoms with van der Waals surface area (Å²) in [5.74, 6) is -1.68. The molecule has 0 aliphatic carbocycles. The molecule has 1 rings (SSSR count). The van der Waals surface area contributed by atoms with Gasteiger partial charge in [-0.25, -0.2) is 0 Å². The Labute approximate surface area is 160 Å². The van der Waals surface area contributed by atoms with Crippen molar-refractivity contribution in [3.63, 3.8) is 0 Å². The van der Waals surface area contributed by atoms with Crippen LogP contribution in [0.2, 0.25) is 0 Å². The van der Waals surface area contributed by atoms with Crippen molar-refractivity contribution in [3.05, 3.63) is 29.3 Å². The highest BCUT2D eigenvalue weighted by Crippen LogP contribution is 2.18. The number of nitrogens with zero attached hydrogens (tertiary/aromatic N) is 1. The largest absolute Gasteiger partial charge is 0.480 e. The molecule has 0 saturated carbocycles. The molecule has 3 N–H and O–H groups in total. The number of anilines is 1. The van der Waals surface area contributed by atoms with Crippen molar-refractivity contribution >= 4 is 35.9 Å². The summed E-state index contributed by atoms with van der Waals surface area (Å²) in [5.41, 5.74) is 2.64. The number of carboxylic acids is 1. The molecule has 0 aliphatic rings. The van der Waals surface area contributed by atoms with Crippen LogP contribution in [0.5, 0.6) is 0 Å². The lowest BCUT2D eigenvalue weighted by Gasteiger charge is -2.26. The summed E-state index contributed by atoms with van der Waals surface area (Å²) < 4.78 is 0. The molecule has 1 aromatic rings. The lowest BCUT2D eigenvalue weighted by atomic mass is 10.1. The van der Waals surface area contributed by atoms with Gasteiger partial charge in [-0.1, -0.05) is 25.1 Å². The molecular weight excluding hydrogens is 358 g/mol. The molecule has 0 aromatic heterocycles. The Morgan fingerprint density at radius 2 is 1.77 bits per heavy atom. The van der Waals surface area contributed by atoms with Gasteiger partial charge in [-0.05, 0) is 44.9 Å². The molecule has 146 valence electrons. The lowest BCUT2D eigenvalue weighted by Crippen LogP contribution is -2.48. The number of rotatable bonds is 9. The van der Waals surface area contributed by atoms with Crippen LogP contribution in [0, 0.1) is 13.8 Å². The fourth-order valence-corrected chi connectivity index (χ4v) is 2.55. The highest BCUT2D eigenvalue weighted by Gasteiger charge is 2.23. The molecule has 1 aromatic carbocycles. The molecule has 0 saturated heterocycles. The Morgan fingerprint density at radius 1 is 1.19 bits per heavy atom. The SMILES string of the molecule is CCCN(CC(=O)O)C(C)C(=O)NCC(=O)Nc1c(C)cccc1C.Cl. The van der Waals surface area contributed by atoms with Gasteiger partial charge in [-0.2, -0.15) is 0 Å². The van der Waals surface area contributed by atoms with Gasteiger partial charge in [0.15, 0.2) is 0 Å². The average Bonchev–Trinajstić information content (AvgIpc) is 2.54. The average molecular weight is 386 g/mol. The van der Waals surface area contributed by atoms with Gasteiger partial charge in [-0.3, -0.25) is 19.3 Å². The van der Waals surface area contributed by atoms with E-state index >= 15 is 0 Å². The second kappa shape index (κ2) is 11.5. The number of para-hydroxylation sites is 1. The molecule has 7 nitrogen and oxygen atoms in total. The monoisotopic (exact) mass is 385 g/mol. The van der Waals surface area contributed by atoms with Gasteiger partial charge >= 0.3 is 5.97 Å². The predicted molar refractivity (Wildman–Crippen MR) is 104 cm³/mol. The maximum absolute atomic E-state index is 12.2. The van der Waals surface area contributed by atoms with Gasteiger partial charge in [-0.15, -0.1) is 12.4 Å². The summed E-state index contributed by atoms with van der Waals surface area (Å²) in [6.45, 7) is 7.47. The van der Waals surface area contributed by atoms with E-state index in [4.69, 9.17) is 5.11 Å². The molecular formula is C18H28ClN3O4. The molecule has 2 amide bonds. The number of amides is 2. The van der Waals surface area contributed by atoms with Crippen molar-refractivity contribution in [2.24, 2.45) is 0 Å². The quantitative estimate of drug-likeness (QED) is 0.603. The molecule has 0 aliphatic heterocycles. The van der Waals surface area contributed by atoms with E-state index in [1.807, 2.05) is 39.0 Å². The van der Waals surface area contributed by atoms with Crippen LogP contribution < -0.4 is 10.6 Å². The Morgan fingerprint density at radius 3 is 2.27 bits per heavy atom. The third-order valence-corrected chi connectivity index (χ3v) is 3.95. The molecule has 26 heavy (non-hydrogen) atoms. The Balaban J connectivity index is 0.00000625. The number of benzene rings is 1. The van der Waals surface area contributed by atoms with E-state index < -0.39 is 12.0 Å². The molecule has 1 atom stereocenters. The van der Waals surface area contributed by atoms with Crippen LogP contribution in [0.15, 0.2) is 18.2 Å². The molecule has 0 bridgehead atoms. The summed E-state index contributed by atoms with van der Waals surface area (Å²) in [6.07, 6.45) is 0.734. The van der Waals surface area contributed by atoms with Crippen LogP contribution in [-0.2, 0) is 14.4 Å². The third kappa shape index (κ3) is 7.41. The van der Waals surface area contributed by atoms with E-state index in [2.05, 4.69) is 10.6 Å². The third-order valence-electron chi connectivity index (χ3n) is 3.95. The van der Waals surface area contributed by atoms with E-state index in [0.29, 0.717) is 6.54 Å². The van der Waals surface area contributed by atoms with Gasteiger partial charge in [0.25, 0.3) is 0 Å². The molecule has 0 spiro atoms. The minimum atomic E-state index is -0.985. The number of aryl methyl sites for hydroxylation is 2. The zero-order valence-electron chi connectivity index (χ0n) is 15.7. The molecule has 0 radical (unpaired) electrons. The summed E-state index contributed by atoms with van der Waals surface area (Å²) in [5, 5.41) is 14.3. The molecule has 0 fully saturated rings. The number of aliphatic carboxylic acids is 1. The fraction of sp³-hybridized carbons (Fsp3) is 0.500. The minimum Gasteiger partial charge on any atom is -0.480 e. The number of carbonyl (C=O) groups excluding carboxylic acids is 2. The van der Waals surface area contributed by atoms with Gasteiger partial charge in [0.1, 0.15) is 0 Å². The zero-order valence-corrected chi connectivity index (χ0v) is 16.5. The lowest BCUT2D eigenvalue weighted by molar-refractivity contribution is -0.140. The normalized spacial score (nSPS) is 11.4. The number of hydrogen-bond donors (Lipinski definition) is 3. The number of nitrogens with one attached hydrogen (secondary N) is 2. The molecule has 0 heterocycles. The Hall–Kier alpha value is -2.12. The van der Waals surface area contributed by atoms with Gasteiger partial charge < -0.3 is 15.7 Å². The maximum atomic E-state index is 12.2. The number of carboxylic acid groups (broad SMARTS) is 1. The summed E-state index contributed by atoms with van der Waals surface area (Å²) in [7, 11) is 0. The zero-order chi connectivity index (χ0) is 19.0. The predicted octanol–water partition coefficient (Wildman–Crippen LogP) is 1.97. The standard InChI is InChI=1S/C18H27N3O4.ClH/c1-5-9-21(11-16(23)24)14(4)18(25)19-10-15(22)20-17-12(2)7-6-8-13(17)3;/h6-8,14H,5,9-11H2,1-4H3,(H,19,25)(H,20,22)(H,23,24);1H. The van der Waals surface area contributed by atoms with Gasteiger partial charge in [0, 0.05) is 5.69 Å². The summed E-state index contributed by atoms with van der Waals surface area (Å²) >= 11 is 0. The first-order chi connectivity index (χ1) is 11.8. The van der Waals surface area contributed by atoms with Crippen LogP contribution in [-0.4, -0.2) is 53.5 Å². The maximum Gasteiger partial charge on any atom is 0.317 e. The summed E-state index contributed by atoms with van der Waals surface area (Å²) in [6, 6.07) is 5.09. The van der Waals surface area contributed by atoms with Crippen molar-refractivity contribution in [2.45, 2.75) is 40.2 Å². The van der Waals surface area contributed by atoms with Gasteiger partial charge in [0.05, 0.1) is 19.1 Å². The Bertz CT molecular complexity index is 617. The van der Waals surface area contributed by atoms with Crippen molar-refractivity contribution in [3.8, 4) is 0 Å². The van der Waals surface area contributed by atoms with E-state index in [1.165, 1.54) is 0 Å². The number of hydrogen-bond acceptors (Lipinski definition) is 4. The second-order valence-electron chi connectivity index (χ2n) is 6.07. The highest BCUT2D eigenvalue weighted by molar-refractivity contribution is 5.96. The van der Waals surface area contributed by atoms with Crippen molar-refractivity contribution < 1.29 is 19.5 Å². The first-order valence-corrected chi connectivity index (χ1v) is 8.35. The first-order valence-electron chi connectivity index (χ1n) is 8.35. The molecule has 1 unspecified atom stereocenters. The van der Waals surface area contributed by atoms with Crippen molar-refractivity contribution in [1.29, 1.82) is 0 Å². The van der Waals surface area contributed by atoms with Crippen molar-refractivity contribution in [2.75, 3.05) is 25.0 Å².